The fourth-order valence-corrected chi connectivity index (χ4v) is 3.53. The Hall–Kier alpha value is -3.55. The summed E-state index contributed by atoms with van der Waals surface area (Å²) in [5, 5.41) is 8.00. The van der Waals surface area contributed by atoms with Crippen LogP contribution in [0.1, 0.15) is 27.8 Å². The van der Waals surface area contributed by atoms with Crippen molar-refractivity contribution in [3.05, 3.63) is 83.7 Å². The van der Waals surface area contributed by atoms with E-state index < -0.39 is 0 Å². The number of fused-ring (bicyclic) bond motifs is 1. The number of methoxy groups -OCH3 is 1. The molecule has 0 radical (unpaired) electrons. The van der Waals surface area contributed by atoms with Crippen molar-refractivity contribution in [2.75, 3.05) is 20.3 Å². The minimum atomic E-state index is -0.328. The number of hydrogen-bond donors (Lipinski definition) is 2. The Labute approximate surface area is 180 Å². The van der Waals surface area contributed by atoms with E-state index in [9.17, 15) is 4.79 Å². The molecule has 0 fully saturated rings. The number of rotatable bonds is 8. The summed E-state index contributed by atoms with van der Waals surface area (Å²) in [6.45, 7) is 0.879. The Balaban J connectivity index is 1.57. The number of hydrogen-bond acceptors (Lipinski definition) is 6. The van der Waals surface area contributed by atoms with Crippen LogP contribution in [-0.4, -0.2) is 36.3 Å². The first-order chi connectivity index (χ1) is 15.2. The third-order valence-corrected chi connectivity index (χ3v) is 5.05. The van der Waals surface area contributed by atoms with Crippen molar-refractivity contribution in [3.63, 3.8) is 0 Å². The predicted molar refractivity (Wildman–Crippen MR) is 119 cm³/mol. The lowest BCUT2D eigenvalue weighted by atomic mass is 9.94. The van der Waals surface area contributed by atoms with Gasteiger partial charge in [0.1, 0.15) is 11.4 Å². The second-order valence-electron chi connectivity index (χ2n) is 7.19. The van der Waals surface area contributed by atoms with Gasteiger partial charge in [-0.05, 0) is 29.8 Å². The maximum atomic E-state index is 12.3. The SMILES string of the molecule is COCCNC(=O)c1cccc(C[C@H](N)c2ccccc2-c2noc3ccccc23)n1. The van der Waals surface area contributed by atoms with E-state index in [4.69, 9.17) is 15.0 Å². The van der Waals surface area contributed by atoms with Gasteiger partial charge in [-0.25, -0.2) is 4.98 Å². The van der Waals surface area contributed by atoms with Crippen LogP contribution in [0.3, 0.4) is 0 Å². The third kappa shape index (κ3) is 4.63. The van der Waals surface area contributed by atoms with Gasteiger partial charge in [-0.15, -0.1) is 0 Å². The van der Waals surface area contributed by atoms with E-state index in [0.717, 1.165) is 33.5 Å². The summed E-state index contributed by atoms with van der Waals surface area (Å²) in [6, 6.07) is 20.7. The van der Waals surface area contributed by atoms with E-state index >= 15 is 0 Å². The highest BCUT2D eigenvalue weighted by Gasteiger charge is 2.18. The van der Waals surface area contributed by atoms with Crippen molar-refractivity contribution in [1.29, 1.82) is 0 Å². The van der Waals surface area contributed by atoms with Crippen molar-refractivity contribution in [2.45, 2.75) is 12.5 Å². The van der Waals surface area contributed by atoms with Gasteiger partial charge in [0.05, 0.1) is 6.61 Å². The molecule has 0 aliphatic rings. The Kier molecular flexibility index (Phi) is 6.35. The highest BCUT2D eigenvalue weighted by molar-refractivity contribution is 5.93. The van der Waals surface area contributed by atoms with Crippen molar-refractivity contribution in [1.82, 2.24) is 15.5 Å². The number of aromatic nitrogens is 2. The molecule has 158 valence electrons. The molecule has 0 aliphatic carbocycles. The smallest absolute Gasteiger partial charge is 0.269 e. The molecule has 31 heavy (non-hydrogen) atoms. The molecule has 0 saturated heterocycles. The van der Waals surface area contributed by atoms with E-state index in [0.29, 0.717) is 25.3 Å². The number of benzene rings is 2. The third-order valence-electron chi connectivity index (χ3n) is 5.05. The zero-order valence-electron chi connectivity index (χ0n) is 17.2. The van der Waals surface area contributed by atoms with Crippen LogP contribution in [0.25, 0.3) is 22.2 Å². The van der Waals surface area contributed by atoms with Crippen LogP contribution in [0.5, 0.6) is 0 Å². The lowest BCUT2D eigenvalue weighted by Crippen LogP contribution is -2.28. The average molecular weight is 416 g/mol. The van der Waals surface area contributed by atoms with Crippen molar-refractivity contribution in [3.8, 4) is 11.3 Å². The molecule has 0 spiro atoms. The van der Waals surface area contributed by atoms with Crippen LogP contribution < -0.4 is 11.1 Å². The van der Waals surface area contributed by atoms with Crippen molar-refractivity contribution < 1.29 is 14.1 Å². The van der Waals surface area contributed by atoms with Gasteiger partial charge in [0, 0.05) is 42.8 Å². The monoisotopic (exact) mass is 416 g/mol. The normalized spacial score (nSPS) is 12.1. The summed E-state index contributed by atoms with van der Waals surface area (Å²) in [5.41, 5.74) is 11.1. The highest BCUT2D eigenvalue weighted by atomic mass is 16.5. The Morgan fingerprint density at radius 1 is 1.10 bits per heavy atom. The van der Waals surface area contributed by atoms with Gasteiger partial charge in [-0.3, -0.25) is 4.79 Å². The Bertz CT molecular complexity index is 1190. The summed E-state index contributed by atoms with van der Waals surface area (Å²) in [5.74, 6) is -0.234. The standard InChI is InChI=1S/C24H24N4O3/c1-30-14-13-26-24(29)21-11-6-7-16(27-21)15-20(25)17-8-2-3-9-18(17)23-19-10-4-5-12-22(19)31-28-23/h2-12,20H,13-15,25H2,1H3,(H,26,29)/t20-/m0/s1. The lowest BCUT2D eigenvalue weighted by molar-refractivity contribution is 0.0932. The van der Waals surface area contributed by atoms with Crippen LogP contribution in [0.15, 0.2) is 71.3 Å². The number of para-hydroxylation sites is 1. The summed E-state index contributed by atoms with van der Waals surface area (Å²) < 4.78 is 10.4. The molecule has 0 unspecified atom stereocenters. The van der Waals surface area contributed by atoms with Gasteiger partial charge in [-0.1, -0.05) is 47.6 Å². The molecule has 1 amide bonds. The molecule has 4 rings (SSSR count). The maximum Gasteiger partial charge on any atom is 0.269 e. The van der Waals surface area contributed by atoms with E-state index in [1.54, 1.807) is 13.2 Å². The van der Waals surface area contributed by atoms with Crippen molar-refractivity contribution >= 4 is 16.9 Å². The number of carbonyl (C=O) groups is 1. The van der Waals surface area contributed by atoms with E-state index in [1.807, 2.05) is 60.7 Å². The van der Waals surface area contributed by atoms with Gasteiger partial charge >= 0.3 is 0 Å². The topological polar surface area (TPSA) is 103 Å². The molecule has 2 aromatic heterocycles. The van der Waals surface area contributed by atoms with E-state index in [1.165, 1.54) is 0 Å². The number of carbonyl (C=O) groups excluding carboxylic acids is 1. The van der Waals surface area contributed by atoms with Gasteiger partial charge in [0.25, 0.3) is 5.91 Å². The van der Waals surface area contributed by atoms with Gasteiger partial charge in [0.2, 0.25) is 0 Å². The largest absolute Gasteiger partial charge is 0.383 e. The lowest BCUT2D eigenvalue weighted by Gasteiger charge is -2.16. The van der Waals surface area contributed by atoms with E-state index in [-0.39, 0.29) is 11.9 Å². The number of amides is 1. The molecule has 2 heterocycles. The number of nitrogens with zero attached hydrogens (tertiary/aromatic N) is 2. The number of nitrogens with two attached hydrogens (primary N) is 1. The van der Waals surface area contributed by atoms with Crippen LogP contribution in [-0.2, 0) is 11.2 Å². The molecule has 0 saturated carbocycles. The zero-order valence-corrected chi connectivity index (χ0v) is 17.2. The molecule has 2 aromatic carbocycles. The first kappa shape index (κ1) is 20.7. The van der Waals surface area contributed by atoms with Crippen LogP contribution >= 0.6 is 0 Å². The number of ether oxygens (including phenoxy) is 1. The Morgan fingerprint density at radius 2 is 1.90 bits per heavy atom. The molecule has 7 heteroatoms. The molecule has 0 bridgehead atoms. The number of nitrogens with one attached hydrogen (secondary N) is 1. The van der Waals surface area contributed by atoms with Gasteiger partial charge in [-0.2, -0.15) is 0 Å². The molecule has 0 aliphatic heterocycles. The fourth-order valence-electron chi connectivity index (χ4n) is 3.53. The van der Waals surface area contributed by atoms with E-state index in [2.05, 4.69) is 15.5 Å². The van der Waals surface area contributed by atoms with Gasteiger partial charge in [0.15, 0.2) is 5.58 Å². The highest BCUT2D eigenvalue weighted by Crippen LogP contribution is 2.33. The second kappa shape index (κ2) is 9.51. The first-order valence-corrected chi connectivity index (χ1v) is 10.1. The van der Waals surface area contributed by atoms with Crippen LogP contribution in [0.4, 0.5) is 0 Å². The molecule has 3 N–H and O–H groups in total. The van der Waals surface area contributed by atoms with Crippen molar-refractivity contribution in [2.24, 2.45) is 5.73 Å². The second-order valence-corrected chi connectivity index (χ2v) is 7.19. The fraction of sp³-hybridized carbons (Fsp3) is 0.208. The summed E-state index contributed by atoms with van der Waals surface area (Å²) >= 11 is 0. The minimum absolute atomic E-state index is 0.234. The Morgan fingerprint density at radius 3 is 2.77 bits per heavy atom. The van der Waals surface area contributed by atoms with Crippen LogP contribution in [0, 0.1) is 0 Å². The first-order valence-electron chi connectivity index (χ1n) is 10.1. The summed E-state index contributed by atoms with van der Waals surface area (Å²) in [7, 11) is 1.59. The molecular weight excluding hydrogens is 392 g/mol. The maximum absolute atomic E-state index is 12.3. The molecule has 1 atom stereocenters. The average Bonchev–Trinajstić information content (AvgIpc) is 3.23. The quantitative estimate of drug-likeness (QED) is 0.426. The molecule has 7 nitrogen and oxygen atoms in total. The molecular formula is C24H24N4O3. The number of pyridine rings is 1. The predicted octanol–water partition coefficient (Wildman–Crippen LogP) is 3.51. The summed E-state index contributed by atoms with van der Waals surface area (Å²) in [4.78, 5) is 16.8. The molecule has 4 aromatic rings. The zero-order chi connectivity index (χ0) is 21.6. The van der Waals surface area contributed by atoms with Crippen LogP contribution in [0.2, 0.25) is 0 Å². The minimum Gasteiger partial charge on any atom is -0.383 e. The van der Waals surface area contributed by atoms with Gasteiger partial charge < -0.3 is 20.3 Å². The summed E-state index contributed by atoms with van der Waals surface area (Å²) in [6.07, 6.45) is 0.478.